The molecule has 0 fully saturated rings. The molecule has 0 aliphatic carbocycles. The molecular formula is C60H50N3O3P3. The summed E-state index contributed by atoms with van der Waals surface area (Å²) in [5.74, 6) is 3.56. The van der Waals surface area contributed by atoms with Gasteiger partial charge in [-0.2, -0.15) is 0 Å². The third-order valence-corrected chi connectivity index (χ3v) is 11.8. The van der Waals surface area contributed by atoms with E-state index in [0.717, 1.165) is 67.1 Å². The zero-order valence-electron chi connectivity index (χ0n) is 37.8. The van der Waals surface area contributed by atoms with Crippen LogP contribution in [0.15, 0.2) is 267 Å². The Hall–Kier alpha value is -7.71. The van der Waals surface area contributed by atoms with Crippen molar-refractivity contribution in [3.63, 3.8) is 0 Å². The monoisotopic (exact) mass is 953 g/mol. The minimum atomic E-state index is 0.537. The van der Waals surface area contributed by atoms with E-state index < -0.39 is 0 Å². The Kier molecular flexibility index (Phi) is 14.8. The number of benzene rings is 9. The molecule has 0 N–H and O–H groups in total. The fraction of sp³-hybridized carbons (Fsp3) is 0. The maximum atomic E-state index is 6.61. The van der Waals surface area contributed by atoms with Gasteiger partial charge in [0, 0.05) is 69.4 Å². The summed E-state index contributed by atoms with van der Waals surface area (Å²) >= 11 is 0. The summed E-state index contributed by atoms with van der Waals surface area (Å²) in [5, 5.41) is 3.04. The van der Waals surface area contributed by atoms with Gasteiger partial charge in [-0.25, -0.2) is 0 Å². The number of hydrogen-bond acceptors (Lipinski definition) is 6. The fourth-order valence-corrected chi connectivity index (χ4v) is 8.66. The van der Waals surface area contributed by atoms with Crippen LogP contribution in [0.1, 0.15) is 0 Å². The number of nitrogens with zero attached hydrogens (tertiary/aromatic N) is 3. The van der Waals surface area contributed by atoms with Crippen molar-refractivity contribution < 1.29 is 14.2 Å². The van der Waals surface area contributed by atoms with Crippen LogP contribution in [0.2, 0.25) is 0 Å². The molecule has 0 amide bonds. The maximum Gasteiger partial charge on any atom is 0.134 e. The van der Waals surface area contributed by atoms with Crippen molar-refractivity contribution in [1.82, 2.24) is 0 Å². The third kappa shape index (κ3) is 11.7. The SMILES string of the molecule is C=C/C(=C\C(=C)P)N(c1ccccc1)c1ccc(Oc2cc(Oc3ccc(N(c4ccccc4)c4cccc(P)c4)cc3)cc(Oc3ccc(N(c4ccccc4)c4cccc(P)c4)cc3)c2)cc1. The molecule has 0 saturated heterocycles. The van der Waals surface area contributed by atoms with E-state index >= 15 is 0 Å². The standard InChI is InChI=1S/C60H50N3O3P3/c1-3-44(37-43(2)67)61(45-15-7-4-8-16-45)48-25-31-53(32-26-48)64-56-40-57(65-54-33-27-49(28-34-54)62(46-17-9-5-10-18-46)51-21-13-23-59(68)38-51)42-58(41-56)66-55-35-29-50(30-36-55)63(47-19-11-6-12-20-47)52-22-14-24-60(69)39-52/h3-42H,1-2,67-69H2/b44-37+. The van der Waals surface area contributed by atoms with Crippen LogP contribution < -0.4 is 39.5 Å². The van der Waals surface area contributed by atoms with E-state index in [1.807, 2.05) is 133 Å². The summed E-state index contributed by atoms with van der Waals surface area (Å²) in [6.07, 6.45) is 3.81. The molecule has 0 radical (unpaired) electrons. The minimum Gasteiger partial charge on any atom is -0.457 e. The Morgan fingerprint density at radius 2 is 0.681 bits per heavy atom. The Bertz CT molecular complexity index is 3050. The Morgan fingerprint density at radius 3 is 1.03 bits per heavy atom. The first kappa shape index (κ1) is 46.4. The zero-order chi connectivity index (χ0) is 47.5. The number of ether oxygens (including phenoxy) is 3. The van der Waals surface area contributed by atoms with Crippen LogP contribution in [0.5, 0.6) is 34.5 Å². The smallest absolute Gasteiger partial charge is 0.134 e. The van der Waals surface area contributed by atoms with Crippen LogP contribution >= 0.6 is 27.7 Å². The minimum absolute atomic E-state index is 0.537. The van der Waals surface area contributed by atoms with Gasteiger partial charge in [0.2, 0.25) is 0 Å². The molecule has 69 heavy (non-hydrogen) atoms. The highest BCUT2D eigenvalue weighted by Gasteiger charge is 2.17. The first-order valence-corrected chi connectivity index (χ1v) is 24.0. The average Bonchev–Trinajstić information content (AvgIpc) is 3.36. The van der Waals surface area contributed by atoms with Gasteiger partial charge >= 0.3 is 0 Å². The van der Waals surface area contributed by atoms with Crippen molar-refractivity contribution in [2.75, 3.05) is 14.7 Å². The Labute approximate surface area is 412 Å². The maximum absolute atomic E-state index is 6.61. The zero-order valence-corrected chi connectivity index (χ0v) is 41.3. The normalized spacial score (nSPS) is 11.0. The highest BCUT2D eigenvalue weighted by Crippen LogP contribution is 2.41. The van der Waals surface area contributed by atoms with Crippen molar-refractivity contribution in [3.05, 3.63) is 267 Å². The summed E-state index contributed by atoms with van der Waals surface area (Å²) in [7, 11) is 8.24. The molecule has 9 aromatic carbocycles. The van der Waals surface area contributed by atoms with Gasteiger partial charge in [0.1, 0.15) is 34.5 Å². The molecule has 0 saturated carbocycles. The van der Waals surface area contributed by atoms with Gasteiger partial charge in [0.15, 0.2) is 0 Å². The molecule has 0 aliphatic heterocycles. The van der Waals surface area contributed by atoms with Gasteiger partial charge < -0.3 is 28.9 Å². The van der Waals surface area contributed by atoms with Crippen LogP contribution in [0.4, 0.5) is 45.5 Å². The van der Waals surface area contributed by atoms with Crippen molar-refractivity contribution in [3.8, 4) is 34.5 Å². The molecule has 338 valence electrons. The lowest BCUT2D eigenvalue weighted by molar-refractivity contribution is 0.440. The van der Waals surface area contributed by atoms with E-state index in [-0.39, 0.29) is 0 Å². The molecule has 9 heteroatoms. The van der Waals surface area contributed by atoms with Crippen molar-refractivity contribution >= 4 is 83.8 Å². The summed E-state index contributed by atoms with van der Waals surface area (Å²) in [5.41, 5.74) is 8.97. The fourth-order valence-electron chi connectivity index (χ4n) is 7.93. The predicted molar refractivity (Wildman–Crippen MR) is 300 cm³/mol. The third-order valence-electron chi connectivity index (χ3n) is 10.9. The molecule has 6 nitrogen and oxygen atoms in total. The first-order valence-electron chi connectivity index (χ1n) is 22.3. The molecule has 9 aromatic rings. The number of rotatable bonds is 17. The van der Waals surface area contributed by atoms with Gasteiger partial charge in [0.05, 0.1) is 0 Å². The quantitative estimate of drug-likeness (QED) is 0.0669. The van der Waals surface area contributed by atoms with Crippen LogP contribution in [0.3, 0.4) is 0 Å². The molecule has 0 aliphatic rings. The Morgan fingerprint density at radius 1 is 0.362 bits per heavy atom. The summed E-state index contributed by atoms with van der Waals surface area (Å²) in [6, 6.07) is 77.3. The van der Waals surface area contributed by atoms with Crippen LogP contribution in [-0.2, 0) is 0 Å². The van der Waals surface area contributed by atoms with E-state index in [1.165, 1.54) is 0 Å². The van der Waals surface area contributed by atoms with E-state index in [1.54, 1.807) is 0 Å². The number of para-hydroxylation sites is 3. The number of allylic oxidation sites excluding steroid dienone is 3. The second kappa shape index (κ2) is 21.9. The molecule has 3 atom stereocenters. The molecular weight excluding hydrogens is 904 g/mol. The van der Waals surface area contributed by atoms with Crippen LogP contribution in [0, 0.1) is 0 Å². The van der Waals surface area contributed by atoms with Crippen molar-refractivity contribution in [2.45, 2.75) is 0 Å². The number of hydrogen-bond donors (Lipinski definition) is 0. The molecule has 0 bridgehead atoms. The van der Waals surface area contributed by atoms with Crippen molar-refractivity contribution in [1.29, 1.82) is 0 Å². The van der Waals surface area contributed by atoms with Gasteiger partial charge in [-0.05, 0) is 162 Å². The average molecular weight is 954 g/mol. The summed E-state index contributed by atoms with van der Waals surface area (Å²) in [6.45, 7) is 8.18. The van der Waals surface area contributed by atoms with Gasteiger partial charge in [0.25, 0.3) is 0 Å². The van der Waals surface area contributed by atoms with Crippen molar-refractivity contribution in [2.24, 2.45) is 0 Å². The Balaban J connectivity index is 1.03. The van der Waals surface area contributed by atoms with E-state index in [9.17, 15) is 0 Å². The van der Waals surface area contributed by atoms with Gasteiger partial charge in [-0.15, -0.1) is 27.7 Å². The lowest BCUT2D eigenvalue weighted by Gasteiger charge is -2.26. The lowest BCUT2D eigenvalue weighted by Crippen LogP contribution is -2.15. The van der Waals surface area contributed by atoms with E-state index in [2.05, 4.69) is 165 Å². The summed E-state index contributed by atoms with van der Waals surface area (Å²) < 4.78 is 19.8. The highest BCUT2D eigenvalue weighted by molar-refractivity contribution is 7.27. The largest absolute Gasteiger partial charge is 0.457 e. The predicted octanol–water partition coefficient (Wildman–Crippen LogP) is 16.6. The van der Waals surface area contributed by atoms with Crippen LogP contribution in [-0.4, -0.2) is 0 Å². The van der Waals surface area contributed by atoms with E-state index in [4.69, 9.17) is 14.2 Å². The highest BCUT2D eigenvalue weighted by atomic mass is 31.0. The molecule has 0 spiro atoms. The second-order valence-electron chi connectivity index (χ2n) is 16.0. The molecule has 9 rings (SSSR count). The second-order valence-corrected chi connectivity index (χ2v) is 18.1. The molecule has 0 aromatic heterocycles. The molecule has 0 heterocycles. The number of anilines is 8. The lowest BCUT2D eigenvalue weighted by atomic mass is 10.2. The summed E-state index contributed by atoms with van der Waals surface area (Å²) in [4.78, 5) is 6.57. The van der Waals surface area contributed by atoms with Crippen LogP contribution in [0.25, 0.3) is 0 Å². The van der Waals surface area contributed by atoms with Gasteiger partial charge in [-0.3, -0.25) is 0 Å². The first-order chi connectivity index (χ1) is 33.8. The molecule has 3 unspecified atom stereocenters. The van der Waals surface area contributed by atoms with E-state index in [0.29, 0.717) is 34.5 Å². The topological polar surface area (TPSA) is 37.4 Å². The van der Waals surface area contributed by atoms with Gasteiger partial charge in [-0.1, -0.05) is 92.0 Å².